The van der Waals surface area contributed by atoms with Crippen molar-refractivity contribution in [2.24, 2.45) is 4.99 Å². The van der Waals surface area contributed by atoms with Crippen LogP contribution in [0.25, 0.3) is 6.08 Å². The topological polar surface area (TPSA) is 32.7 Å². The van der Waals surface area contributed by atoms with Gasteiger partial charge < -0.3 is 0 Å². The second-order valence-electron chi connectivity index (χ2n) is 6.86. The molecule has 0 spiro atoms. The molecule has 2 aromatic carbocycles. The van der Waals surface area contributed by atoms with E-state index in [4.69, 9.17) is 4.99 Å². The van der Waals surface area contributed by atoms with Crippen LogP contribution in [0.15, 0.2) is 64.5 Å². The lowest BCUT2D eigenvalue weighted by atomic mass is 9.94. The predicted molar refractivity (Wildman–Crippen MR) is 109 cm³/mol. The SMILES string of the molecule is O=C1C(=Cc2cccc(F)c2)SC(=Nc2ccccc2)N1C1CCCCC1. The van der Waals surface area contributed by atoms with Gasteiger partial charge in [0.2, 0.25) is 0 Å². The summed E-state index contributed by atoms with van der Waals surface area (Å²) in [5, 5.41) is 0.723. The quantitative estimate of drug-likeness (QED) is 0.634. The number of aliphatic imine (C=N–C) groups is 1. The Kier molecular flexibility index (Phi) is 5.39. The van der Waals surface area contributed by atoms with Crippen LogP contribution >= 0.6 is 11.8 Å². The van der Waals surface area contributed by atoms with Crippen molar-refractivity contribution >= 4 is 34.6 Å². The molecule has 0 bridgehead atoms. The van der Waals surface area contributed by atoms with Gasteiger partial charge in [0.15, 0.2) is 5.17 Å². The Balaban J connectivity index is 1.69. The molecule has 1 saturated carbocycles. The molecule has 0 atom stereocenters. The molecule has 1 heterocycles. The number of thioether (sulfide) groups is 1. The number of nitrogens with zero attached hydrogens (tertiary/aromatic N) is 2. The summed E-state index contributed by atoms with van der Waals surface area (Å²) >= 11 is 1.38. The first-order chi connectivity index (χ1) is 13.2. The number of carbonyl (C=O) groups excluding carboxylic acids is 1. The zero-order valence-corrected chi connectivity index (χ0v) is 15.8. The molecule has 5 heteroatoms. The molecule has 0 aromatic heterocycles. The van der Waals surface area contributed by atoms with Gasteiger partial charge in [-0.05, 0) is 60.5 Å². The maximum absolute atomic E-state index is 13.5. The molecule has 2 fully saturated rings. The number of amidine groups is 1. The van der Waals surface area contributed by atoms with Crippen molar-refractivity contribution < 1.29 is 9.18 Å². The first-order valence-corrected chi connectivity index (χ1v) is 10.1. The third-order valence-corrected chi connectivity index (χ3v) is 5.89. The highest BCUT2D eigenvalue weighted by Gasteiger charge is 2.38. The first-order valence-electron chi connectivity index (χ1n) is 9.33. The van der Waals surface area contributed by atoms with Gasteiger partial charge in [0.1, 0.15) is 5.82 Å². The third kappa shape index (κ3) is 4.14. The summed E-state index contributed by atoms with van der Waals surface area (Å²) in [6.45, 7) is 0. The Labute approximate surface area is 163 Å². The summed E-state index contributed by atoms with van der Waals surface area (Å²) in [7, 11) is 0. The molecule has 2 aromatic rings. The molecule has 3 nitrogen and oxygen atoms in total. The maximum Gasteiger partial charge on any atom is 0.267 e. The van der Waals surface area contributed by atoms with E-state index in [-0.39, 0.29) is 17.8 Å². The molecule has 138 valence electrons. The summed E-state index contributed by atoms with van der Waals surface area (Å²) in [5.74, 6) is -0.326. The second-order valence-corrected chi connectivity index (χ2v) is 7.87. The highest BCUT2D eigenvalue weighted by molar-refractivity contribution is 8.18. The molecule has 27 heavy (non-hydrogen) atoms. The molecule has 0 unspecified atom stereocenters. The molecule has 1 saturated heterocycles. The summed E-state index contributed by atoms with van der Waals surface area (Å²) in [6, 6.07) is 16.2. The monoisotopic (exact) mass is 380 g/mol. The highest BCUT2D eigenvalue weighted by Crippen LogP contribution is 2.38. The number of hydrogen-bond donors (Lipinski definition) is 0. The Hall–Kier alpha value is -2.40. The fourth-order valence-electron chi connectivity index (χ4n) is 3.59. The number of para-hydroxylation sites is 1. The van der Waals surface area contributed by atoms with Gasteiger partial charge in [0, 0.05) is 6.04 Å². The standard InChI is InChI=1S/C22H21FN2OS/c23-17-9-7-8-16(14-17)15-20-21(26)25(19-12-5-2-6-13-19)22(27-20)24-18-10-3-1-4-11-18/h1,3-4,7-11,14-15,19H,2,5-6,12-13H2. The van der Waals surface area contributed by atoms with Gasteiger partial charge in [-0.1, -0.05) is 49.6 Å². The minimum atomic E-state index is -0.304. The summed E-state index contributed by atoms with van der Waals surface area (Å²) in [5.41, 5.74) is 1.52. The van der Waals surface area contributed by atoms with E-state index in [1.165, 1.54) is 30.3 Å². The Morgan fingerprint density at radius 1 is 1.04 bits per heavy atom. The Bertz CT molecular complexity index is 888. The van der Waals surface area contributed by atoms with Gasteiger partial charge in [-0.25, -0.2) is 9.38 Å². The van der Waals surface area contributed by atoms with E-state index in [0.29, 0.717) is 10.5 Å². The first kappa shape index (κ1) is 18.0. The smallest absolute Gasteiger partial charge is 0.267 e. The van der Waals surface area contributed by atoms with Crippen LogP contribution in [0, 0.1) is 5.82 Å². The van der Waals surface area contributed by atoms with Gasteiger partial charge >= 0.3 is 0 Å². The van der Waals surface area contributed by atoms with Crippen molar-refractivity contribution in [3.05, 3.63) is 70.9 Å². The van der Waals surface area contributed by atoms with E-state index in [1.807, 2.05) is 35.2 Å². The van der Waals surface area contributed by atoms with E-state index in [9.17, 15) is 9.18 Å². The van der Waals surface area contributed by atoms with Crippen molar-refractivity contribution in [1.29, 1.82) is 0 Å². The van der Waals surface area contributed by atoms with Gasteiger partial charge in [0.25, 0.3) is 5.91 Å². The highest BCUT2D eigenvalue weighted by atomic mass is 32.2. The lowest BCUT2D eigenvalue weighted by Crippen LogP contribution is -2.40. The van der Waals surface area contributed by atoms with Crippen LogP contribution < -0.4 is 0 Å². The molecular weight excluding hydrogens is 359 g/mol. The molecule has 0 N–H and O–H groups in total. The molecule has 1 aliphatic carbocycles. The zero-order valence-electron chi connectivity index (χ0n) is 15.0. The molecule has 1 amide bonds. The number of hydrogen-bond acceptors (Lipinski definition) is 3. The van der Waals surface area contributed by atoms with Crippen molar-refractivity contribution in [3.8, 4) is 0 Å². The number of carbonyl (C=O) groups is 1. The van der Waals surface area contributed by atoms with Crippen molar-refractivity contribution in [2.45, 2.75) is 38.1 Å². The van der Waals surface area contributed by atoms with Gasteiger partial charge in [-0.3, -0.25) is 9.69 Å². The lowest BCUT2D eigenvalue weighted by Gasteiger charge is -2.30. The van der Waals surface area contributed by atoms with Crippen molar-refractivity contribution in [2.75, 3.05) is 0 Å². The largest absolute Gasteiger partial charge is 0.283 e. The van der Waals surface area contributed by atoms with E-state index in [0.717, 1.165) is 36.5 Å². The lowest BCUT2D eigenvalue weighted by molar-refractivity contribution is -0.124. The molecule has 2 aliphatic rings. The van der Waals surface area contributed by atoms with Crippen LogP contribution in [0.1, 0.15) is 37.7 Å². The number of benzene rings is 2. The molecule has 1 aliphatic heterocycles. The minimum absolute atomic E-state index is 0.0224. The Morgan fingerprint density at radius 3 is 2.56 bits per heavy atom. The molecule has 0 radical (unpaired) electrons. The number of halogens is 1. The number of amides is 1. The van der Waals surface area contributed by atoms with Crippen LogP contribution in [0.2, 0.25) is 0 Å². The summed E-state index contributed by atoms with van der Waals surface area (Å²) < 4.78 is 13.5. The average Bonchev–Trinajstić information content (AvgIpc) is 2.98. The Morgan fingerprint density at radius 2 is 1.81 bits per heavy atom. The number of rotatable bonds is 3. The van der Waals surface area contributed by atoms with Crippen molar-refractivity contribution in [1.82, 2.24) is 4.90 Å². The van der Waals surface area contributed by atoms with Crippen LogP contribution in [0.5, 0.6) is 0 Å². The fraction of sp³-hybridized carbons (Fsp3) is 0.273. The third-order valence-electron chi connectivity index (χ3n) is 4.90. The molecular formula is C22H21FN2OS. The average molecular weight is 380 g/mol. The van der Waals surface area contributed by atoms with E-state index in [1.54, 1.807) is 18.2 Å². The molecule has 4 rings (SSSR count). The normalized spacial score (nSPS) is 21.4. The van der Waals surface area contributed by atoms with Crippen LogP contribution in [0.3, 0.4) is 0 Å². The fourth-order valence-corrected chi connectivity index (χ4v) is 4.65. The maximum atomic E-state index is 13.5. The predicted octanol–water partition coefficient (Wildman–Crippen LogP) is 5.76. The van der Waals surface area contributed by atoms with Crippen LogP contribution in [-0.4, -0.2) is 22.0 Å². The van der Waals surface area contributed by atoms with E-state index < -0.39 is 0 Å². The van der Waals surface area contributed by atoms with Gasteiger partial charge in [-0.15, -0.1) is 0 Å². The van der Waals surface area contributed by atoms with E-state index >= 15 is 0 Å². The summed E-state index contributed by atoms with van der Waals surface area (Å²) in [4.78, 5) is 20.4. The minimum Gasteiger partial charge on any atom is -0.283 e. The van der Waals surface area contributed by atoms with Gasteiger partial charge in [0.05, 0.1) is 10.6 Å². The second kappa shape index (κ2) is 8.09. The summed E-state index contributed by atoms with van der Waals surface area (Å²) in [6.07, 6.45) is 7.28. The van der Waals surface area contributed by atoms with Gasteiger partial charge in [-0.2, -0.15) is 0 Å². The van der Waals surface area contributed by atoms with Crippen molar-refractivity contribution in [3.63, 3.8) is 0 Å². The van der Waals surface area contributed by atoms with Crippen LogP contribution in [-0.2, 0) is 4.79 Å². The zero-order chi connectivity index (χ0) is 18.6. The van der Waals surface area contributed by atoms with E-state index in [2.05, 4.69) is 0 Å². The van der Waals surface area contributed by atoms with Crippen LogP contribution in [0.4, 0.5) is 10.1 Å².